The van der Waals surface area contributed by atoms with Gasteiger partial charge in [0.05, 0.1) is 24.7 Å². The van der Waals surface area contributed by atoms with E-state index in [9.17, 15) is 13.2 Å². The van der Waals surface area contributed by atoms with Gasteiger partial charge < -0.3 is 19.1 Å². The van der Waals surface area contributed by atoms with E-state index in [1.807, 2.05) is 63.2 Å². The Morgan fingerprint density at radius 1 is 0.951 bits per heavy atom. The van der Waals surface area contributed by atoms with Crippen LogP contribution in [0.15, 0.2) is 59.5 Å². The van der Waals surface area contributed by atoms with Crippen molar-refractivity contribution in [3.63, 3.8) is 0 Å². The number of carbonyl (C=O) groups is 1. The smallest absolute Gasteiger partial charge is 0.410 e. The van der Waals surface area contributed by atoms with Crippen LogP contribution < -0.4 is 9.47 Å². The number of benzene rings is 3. The van der Waals surface area contributed by atoms with Gasteiger partial charge in [-0.25, -0.2) is 13.2 Å². The molecule has 0 bridgehead atoms. The minimum absolute atomic E-state index is 0.0744. The quantitative estimate of drug-likeness (QED) is 0.290. The van der Waals surface area contributed by atoms with Gasteiger partial charge >= 0.3 is 6.09 Å². The Hall–Kier alpha value is -3.30. The van der Waals surface area contributed by atoms with Crippen LogP contribution in [0.1, 0.15) is 58.1 Å². The van der Waals surface area contributed by atoms with E-state index in [0.717, 1.165) is 29.2 Å². The molecule has 3 aromatic carbocycles. The molecule has 0 atom stereocenters. The highest BCUT2D eigenvalue weighted by atomic mass is 32.2. The Kier molecular flexibility index (Phi) is 9.49. The topological polar surface area (TPSA) is 85.4 Å². The monoisotopic (exact) mass is 582 g/mol. The van der Waals surface area contributed by atoms with Gasteiger partial charge in [-0.3, -0.25) is 0 Å². The maximum Gasteiger partial charge on any atom is 0.410 e. The SMILES string of the molecule is CCCc1cc(OC)c(CN(C2CCN(C(=O)OC(C)(C)C)CC2)S(=O)(=O)c2ccc3ccccc3c2)c(OC)c1. The molecular formula is C32H42N2O6S. The number of nitrogens with zero attached hydrogens (tertiary/aromatic N) is 2. The fraction of sp³-hybridized carbons (Fsp3) is 0.469. The lowest BCUT2D eigenvalue weighted by molar-refractivity contribution is 0.0176. The summed E-state index contributed by atoms with van der Waals surface area (Å²) in [6, 6.07) is 16.5. The number of ether oxygens (including phenoxy) is 3. The van der Waals surface area contributed by atoms with E-state index in [1.54, 1.807) is 35.6 Å². The van der Waals surface area contributed by atoms with Crippen LogP contribution in [-0.4, -0.2) is 62.7 Å². The predicted octanol–water partition coefficient (Wildman–Crippen LogP) is 6.40. The molecule has 41 heavy (non-hydrogen) atoms. The first-order valence-corrected chi connectivity index (χ1v) is 15.6. The first-order valence-electron chi connectivity index (χ1n) is 14.2. The van der Waals surface area contributed by atoms with E-state index >= 15 is 0 Å². The summed E-state index contributed by atoms with van der Waals surface area (Å²) in [5, 5.41) is 1.82. The van der Waals surface area contributed by atoms with Gasteiger partial charge in [-0.2, -0.15) is 4.31 Å². The molecule has 0 aromatic heterocycles. The van der Waals surface area contributed by atoms with Gasteiger partial charge in [0.1, 0.15) is 17.1 Å². The Labute approximate surface area is 244 Å². The third-order valence-corrected chi connectivity index (χ3v) is 9.27. The molecule has 8 nitrogen and oxygen atoms in total. The van der Waals surface area contributed by atoms with Crippen molar-refractivity contribution in [3.05, 3.63) is 65.7 Å². The second kappa shape index (κ2) is 12.7. The molecule has 1 fully saturated rings. The van der Waals surface area contributed by atoms with Gasteiger partial charge in [0.15, 0.2) is 0 Å². The summed E-state index contributed by atoms with van der Waals surface area (Å²) in [6.07, 6.45) is 2.39. The fourth-order valence-electron chi connectivity index (χ4n) is 5.32. The van der Waals surface area contributed by atoms with Gasteiger partial charge in [-0.05, 0) is 80.6 Å². The van der Waals surface area contributed by atoms with Crippen LogP contribution in [0.5, 0.6) is 11.5 Å². The van der Waals surface area contributed by atoms with Crippen molar-refractivity contribution in [1.82, 2.24) is 9.21 Å². The molecule has 1 heterocycles. The molecular weight excluding hydrogens is 540 g/mol. The third-order valence-electron chi connectivity index (χ3n) is 7.37. The van der Waals surface area contributed by atoms with Gasteiger partial charge in [-0.15, -0.1) is 0 Å². The largest absolute Gasteiger partial charge is 0.496 e. The van der Waals surface area contributed by atoms with Crippen molar-refractivity contribution in [2.24, 2.45) is 0 Å². The number of methoxy groups -OCH3 is 2. The van der Waals surface area contributed by atoms with E-state index in [-0.39, 0.29) is 23.6 Å². The summed E-state index contributed by atoms with van der Waals surface area (Å²) < 4.78 is 47.4. The zero-order chi connectivity index (χ0) is 29.8. The molecule has 0 radical (unpaired) electrons. The summed E-state index contributed by atoms with van der Waals surface area (Å²) in [4.78, 5) is 14.6. The van der Waals surface area contributed by atoms with Crippen LogP contribution in [0.4, 0.5) is 4.79 Å². The molecule has 222 valence electrons. The minimum Gasteiger partial charge on any atom is -0.496 e. The Bertz CT molecular complexity index is 1450. The maximum atomic E-state index is 14.4. The Balaban J connectivity index is 1.72. The zero-order valence-corrected chi connectivity index (χ0v) is 25.8. The van der Waals surface area contributed by atoms with Crippen molar-refractivity contribution in [3.8, 4) is 11.5 Å². The molecule has 0 spiro atoms. The minimum atomic E-state index is -3.94. The zero-order valence-electron chi connectivity index (χ0n) is 25.0. The second-order valence-corrected chi connectivity index (χ2v) is 13.4. The van der Waals surface area contributed by atoms with E-state index in [0.29, 0.717) is 43.0 Å². The lowest BCUT2D eigenvalue weighted by atomic mass is 10.0. The first kappa shape index (κ1) is 30.7. The molecule has 3 aromatic rings. The van der Waals surface area contributed by atoms with Crippen LogP contribution >= 0.6 is 0 Å². The second-order valence-electron chi connectivity index (χ2n) is 11.5. The molecule has 1 saturated heterocycles. The molecule has 0 N–H and O–H groups in total. The summed E-state index contributed by atoms with van der Waals surface area (Å²) >= 11 is 0. The molecule has 0 saturated carbocycles. The number of aryl methyl sites for hydroxylation is 1. The van der Waals surface area contributed by atoms with Crippen LogP contribution in [0.25, 0.3) is 10.8 Å². The molecule has 1 aliphatic rings. The summed E-state index contributed by atoms with van der Waals surface area (Å²) in [5.41, 5.74) is 1.14. The van der Waals surface area contributed by atoms with E-state index in [4.69, 9.17) is 14.2 Å². The van der Waals surface area contributed by atoms with Crippen molar-refractivity contribution in [1.29, 1.82) is 0 Å². The van der Waals surface area contributed by atoms with Crippen LogP contribution in [0.2, 0.25) is 0 Å². The molecule has 0 aliphatic carbocycles. The predicted molar refractivity (Wildman–Crippen MR) is 161 cm³/mol. The summed E-state index contributed by atoms with van der Waals surface area (Å²) in [7, 11) is -0.754. The van der Waals surface area contributed by atoms with Gasteiger partial charge in [0.25, 0.3) is 0 Å². The summed E-state index contributed by atoms with van der Waals surface area (Å²) in [5.74, 6) is 1.19. The highest BCUT2D eigenvalue weighted by molar-refractivity contribution is 7.89. The van der Waals surface area contributed by atoms with Crippen molar-refractivity contribution >= 4 is 26.9 Å². The summed E-state index contributed by atoms with van der Waals surface area (Å²) in [6.45, 7) is 8.48. The normalized spacial score (nSPS) is 14.9. The van der Waals surface area contributed by atoms with E-state index in [1.165, 1.54) is 0 Å². The number of rotatable bonds is 9. The average Bonchev–Trinajstić information content (AvgIpc) is 2.95. The molecule has 9 heteroatoms. The number of piperidine rings is 1. The van der Waals surface area contributed by atoms with Gasteiger partial charge in [0, 0.05) is 25.7 Å². The van der Waals surface area contributed by atoms with Gasteiger partial charge in [-0.1, -0.05) is 43.7 Å². The lowest BCUT2D eigenvalue weighted by Crippen LogP contribution is -2.49. The fourth-order valence-corrected chi connectivity index (χ4v) is 7.01. The van der Waals surface area contributed by atoms with Crippen LogP contribution in [-0.2, 0) is 27.7 Å². The number of amides is 1. The van der Waals surface area contributed by atoms with Crippen molar-refractivity contribution in [2.75, 3.05) is 27.3 Å². The number of hydrogen-bond acceptors (Lipinski definition) is 6. The first-order chi connectivity index (χ1) is 19.5. The Morgan fingerprint density at radius 3 is 2.12 bits per heavy atom. The molecule has 1 amide bonds. The molecule has 1 aliphatic heterocycles. The standard InChI is InChI=1S/C32H42N2O6S/c1-7-10-23-19-29(38-5)28(30(20-23)39-6)22-34(26-15-17-33(18-16-26)31(35)40-32(2,3)4)41(36,37)27-14-13-24-11-8-9-12-25(24)21-27/h8-9,11-14,19-21,26H,7,10,15-18,22H2,1-6H3. The number of sulfonamides is 1. The van der Waals surface area contributed by atoms with E-state index in [2.05, 4.69) is 6.92 Å². The highest BCUT2D eigenvalue weighted by Gasteiger charge is 2.37. The number of carbonyl (C=O) groups excluding carboxylic acids is 1. The van der Waals surface area contributed by atoms with Gasteiger partial charge in [0.2, 0.25) is 10.0 Å². The van der Waals surface area contributed by atoms with Crippen molar-refractivity contribution < 1.29 is 27.4 Å². The van der Waals surface area contributed by atoms with Crippen LogP contribution in [0.3, 0.4) is 0 Å². The maximum absolute atomic E-state index is 14.4. The number of fused-ring (bicyclic) bond motifs is 1. The third kappa shape index (κ3) is 7.13. The average molecular weight is 583 g/mol. The highest BCUT2D eigenvalue weighted by Crippen LogP contribution is 2.36. The lowest BCUT2D eigenvalue weighted by Gasteiger charge is -2.38. The molecule has 0 unspecified atom stereocenters. The van der Waals surface area contributed by atoms with Crippen molar-refractivity contribution in [2.45, 2.75) is 76.5 Å². The number of hydrogen-bond donors (Lipinski definition) is 0. The number of likely N-dealkylation sites (tertiary alicyclic amines) is 1. The van der Waals surface area contributed by atoms with Crippen LogP contribution in [0, 0.1) is 0 Å². The molecule has 4 rings (SSSR count). The van der Waals surface area contributed by atoms with E-state index < -0.39 is 15.6 Å². The Morgan fingerprint density at radius 2 is 1.56 bits per heavy atom.